The molecule has 0 aromatic rings. The SMILES string of the molecule is CC.CC#CCN(C)CCCC. The Labute approximate surface area is 78.2 Å². The van der Waals surface area contributed by atoms with Crippen molar-refractivity contribution in [3.05, 3.63) is 0 Å². The van der Waals surface area contributed by atoms with Crippen molar-refractivity contribution in [2.24, 2.45) is 0 Å². The van der Waals surface area contributed by atoms with E-state index in [1.807, 2.05) is 20.8 Å². The number of rotatable bonds is 4. The van der Waals surface area contributed by atoms with Crippen LogP contribution in [0.25, 0.3) is 0 Å². The second kappa shape index (κ2) is 13.1. The molecule has 0 aromatic heterocycles. The van der Waals surface area contributed by atoms with Crippen LogP contribution in [0.4, 0.5) is 0 Å². The van der Waals surface area contributed by atoms with Crippen molar-refractivity contribution in [1.29, 1.82) is 0 Å². The Morgan fingerprint density at radius 1 is 1.25 bits per heavy atom. The lowest BCUT2D eigenvalue weighted by Gasteiger charge is -2.11. The van der Waals surface area contributed by atoms with Gasteiger partial charge in [-0.25, -0.2) is 0 Å². The summed E-state index contributed by atoms with van der Waals surface area (Å²) in [5.41, 5.74) is 0. The summed E-state index contributed by atoms with van der Waals surface area (Å²) in [4.78, 5) is 2.25. The van der Waals surface area contributed by atoms with Gasteiger partial charge in [-0.3, -0.25) is 4.90 Å². The number of nitrogens with zero attached hydrogens (tertiary/aromatic N) is 1. The average Bonchev–Trinajstić information content (AvgIpc) is 2.14. The van der Waals surface area contributed by atoms with Crippen LogP contribution in [-0.4, -0.2) is 25.0 Å². The van der Waals surface area contributed by atoms with Crippen LogP contribution in [0.5, 0.6) is 0 Å². The molecule has 0 spiro atoms. The monoisotopic (exact) mass is 169 g/mol. The molecule has 0 aliphatic heterocycles. The normalized spacial score (nSPS) is 8.17. The van der Waals surface area contributed by atoms with Gasteiger partial charge < -0.3 is 0 Å². The molecular formula is C11H23N. The molecule has 0 bridgehead atoms. The standard InChI is InChI=1S/C9H17N.C2H6/c1-4-6-8-10(3)9-7-5-2;1-2/h4,6,8-9H2,1-3H3;1-2H3. The minimum atomic E-state index is 0.913. The predicted molar refractivity (Wildman–Crippen MR) is 57.2 cm³/mol. The van der Waals surface area contributed by atoms with Crippen LogP contribution >= 0.6 is 0 Å². The molecule has 0 amide bonds. The summed E-state index contributed by atoms with van der Waals surface area (Å²) in [5.74, 6) is 5.92. The molecule has 0 N–H and O–H groups in total. The van der Waals surface area contributed by atoms with Gasteiger partial charge in [0.05, 0.1) is 6.54 Å². The second-order valence-electron chi connectivity index (χ2n) is 2.52. The third kappa shape index (κ3) is 12.2. The Bertz CT molecular complexity index is 119. The highest BCUT2D eigenvalue weighted by atomic mass is 15.1. The van der Waals surface area contributed by atoms with Gasteiger partial charge in [-0.1, -0.05) is 33.1 Å². The van der Waals surface area contributed by atoms with E-state index in [2.05, 4.69) is 30.7 Å². The van der Waals surface area contributed by atoms with E-state index in [-0.39, 0.29) is 0 Å². The first-order valence-corrected chi connectivity index (χ1v) is 4.89. The summed E-state index contributed by atoms with van der Waals surface area (Å²) in [6.45, 7) is 10.2. The molecule has 72 valence electrons. The fourth-order valence-corrected chi connectivity index (χ4v) is 0.721. The van der Waals surface area contributed by atoms with Gasteiger partial charge in [-0.15, -0.1) is 5.92 Å². The van der Waals surface area contributed by atoms with Crippen molar-refractivity contribution in [2.45, 2.75) is 40.5 Å². The van der Waals surface area contributed by atoms with Crippen LogP contribution in [0.1, 0.15) is 40.5 Å². The Kier molecular flexibility index (Phi) is 15.4. The fourth-order valence-electron chi connectivity index (χ4n) is 0.721. The minimum absolute atomic E-state index is 0.913. The van der Waals surface area contributed by atoms with E-state index in [1.54, 1.807) is 0 Å². The first-order valence-electron chi connectivity index (χ1n) is 4.89. The molecular weight excluding hydrogens is 146 g/mol. The molecule has 0 rings (SSSR count). The number of hydrogen-bond acceptors (Lipinski definition) is 1. The van der Waals surface area contributed by atoms with Crippen molar-refractivity contribution in [1.82, 2.24) is 4.90 Å². The molecule has 0 unspecified atom stereocenters. The predicted octanol–water partition coefficient (Wildman–Crippen LogP) is 2.77. The molecule has 0 fully saturated rings. The lowest BCUT2D eigenvalue weighted by molar-refractivity contribution is 0.367. The van der Waals surface area contributed by atoms with Crippen LogP contribution in [0.15, 0.2) is 0 Å². The molecule has 0 saturated carbocycles. The Morgan fingerprint density at radius 3 is 2.25 bits per heavy atom. The first-order chi connectivity index (χ1) is 5.81. The molecule has 1 heteroatoms. The maximum atomic E-state index is 3.03. The van der Waals surface area contributed by atoms with Gasteiger partial charge in [-0.2, -0.15) is 0 Å². The van der Waals surface area contributed by atoms with Gasteiger partial charge in [0.2, 0.25) is 0 Å². The largest absolute Gasteiger partial charge is 0.295 e. The highest BCUT2D eigenvalue weighted by molar-refractivity contribution is 4.97. The summed E-state index contributed by atoms with van der Waals surface area (Å²) in [7, 11) is 2.11. The second-order valence-corrected chi connectivity index (χ2v) is 2.52. The Morgan fingerprint density at radius 2 is 1.83 bits per heavy atom. The highest BCUT2D eigenvalue weighted by Gasteiger charge is 1.91. The van der Waals surface area contributed by atoms with Gasteiger partial charge in [0.15, 0.2) is 0 Å². The van der Waals surface area contributed by atoms with Gasteiger partial charge in [-0.05, 0) is 26.9 Å². The zero-order chi connectivity index (χ0) is 9.82. The summed E-state index contributed by atoms with van der Waals surface area (Å²) >= 11 is 0. The molecule has 0 aliphatic carbocycles. The van der Waals surface area contributed by atoms with E-state index in [4.69, 9.17) is 0 Å². The zero-order valence-electron chi connectivity index (χ0n) is 9.28. The van der Waals surface area contributed by atoms with Crippen LogP contribution in [0, 0.1) is 11.8 Å². The van der Waals surface area contributed by atoms with E-state index in [1.165, 1.54) is 19.4 Å². The molecule has 0 saturated heterocycles. The van der Waals surface area contributed by atoms with E-state index >= 15 is 0 Å². The highest BCUT2D eigenvalue weighted by Crippen LogP contribution is 1.89. The quantitative estimate of drug-likeness (QED) is 0.585. The van der Waals surface area contributed by atoms with Gasteiger partial charge in [0, 0.05) is 0 Å². The van der Waals surface area contributed by atoms with Gasteiger partial charge in [0.25, 0.3) is 0 Å². The van der Waals surface area contributed by atoms with E-state index in [9.17, 15) is 0 Å². The summed E-state index contributed by atoms with van der Waals surface area (Å²) < 4.78 is 0. The molecule has 0 atom stereocenters. The molecule has 0 aliphatic rings. The van der Waals surface area contributed by atoms with Crippen LogP contribution in [0.3, 0.4) is 0 Å². The topological polar surface area (TPSA) is 3.24 Å². The van der Waals surface area contributed by atoms with Gasteiger partial charge in [0.1, 0.15) is 0 Å². The first kappa shape index (κ1) is 14.1. The van der Waals surface area contributed by atoms with Crippen LogP contribution < -0.4 is 0 Å². The summed E-state index contributed by atoms with van der Waals surface area (Å²) in [6, 6.07) is 0. The summed E-state index contributed by atoms with van der Waals surface area (Å²) in [5, 5.41) is 0. The van der Waals surface area contributed by atoms with Crippen molar-refractivity contribution in [3.8, 4) is 11.8 Å². The summed E-state index contributed by atoms with van der Waals surface area (Å²) in [6.07, 6.45) is 2.55. The zero-order valence-corrected chi connectivity index (χ0v) is 9.28. The number of hydrogen-bond donors (Lipinski definition) is 0. The van der Waals surface area contributed by atoms with Crippen molar-refractivity contribution in [2.75, 3.05) is 20.1 Å². The lowest BCUT2D eigenvalue weighted by Crippen LogP contribution is -2.19. The third-order valence-corrected chi connectivity index (χ3v) is 1.42. The van der Waals surface area contributed by atoms with E-state index in [0.29, 0.717) is 0 Å². The third-order valence-electron chi connectivity index (χ3n) is 1.42. The maximum absolute atomic E-state index is 3.03. The van der Waals surface area contributed by atoms with Gasteiger partial charge >= 0.3 is 0 Å². The van der Waals surface area contributed by atoms with Crippen molar-refractivity contribution in [3.63, 3.8) is 0 Å². The van der Waals surface area contributed by atoms with Crippen molar-refractivity contribution < 1.29 is 0 Å². The van der Waals surface area contributed by atoms with E-state index < -0.39 is 0 Å². The lowest BCUT2D eigenvalue weighted by atomic mass is 10.3. The minimum Gasteiger partial charge on any atom is -0.295 e. The smallest absolute Gasteiger partial charge is 0.0598 e. The van der Waals surface area contributed by atoms with Crippen molar-refractivity contribution >= 4 is 0 Å². The molecule has 12 heavy (non-hydrogen) atoms. The fraction of sp³-hybridized carbons (Fsp3) is 0.818. The molecule has 0 radical (unpaired) electrons. The molecule has 0 aromatic carbocycles. The molecule has 1 nitrogen and oxygen atoms in total. The Balaban J connectivity index is 0. The van der Waals surface area contributed by atoms with E-state index in [0.717, 1.165) is 6.54 Å². The molecule has 0 heterocycles. The Hall–Kier alpha value is -0.480. The number of unbranched alkanes of at least 4 members (excludes halogenated alkanes) is 1. The average molecular weight is 169 g/mol. The van der Waals surface area contributed by atoms with Crippen LogP contribution in [0.2, 0.25) is 0 Å². The maximum Gasteiger partial charge on any atom is 0.0598 e. The van der Waals surface area contributed by atoms with Crippen LogP contribution in [-0.2, 0) is 0 Å².